The van der Waals surface area contributed by atoms with Crippen LogP contribution >= 0.6 is 15.9 Å². The molecule has 0 fully saturated rings. The van der Waals surface area contributed by atoms with Gasteiger partial charge in [0, 0.05) is 22.3 Å². The summed E-state index contributed by atoms with van der Waals surface area (Å²) < 4.78 is 0.508. The van der Waals surface area contributed by atoms with Crippen molar-refractivity contribution in [3.8, 4) is 11.1 Å². The average Bonchev–Trinajstić information content (AvgIpc) is 2.99. The van der Waals surface area contributed by atoms with E-state index in [0.29, 0.717) is 10.2 Å². The minimum Gasteiger partial charge on any atom is -0.322 e. The Labute approximate surface area is 158 Å². The summed E-state index contributed by atoms with van der Waals surface area (Å²) in [6.07, 6.45) is 0.829. The molecule has 3 aromatic rings. The second-order valence-electron chi connectivity index (χ2n) is 6.08. The van der Waals surface area contributed by atoms with Crippen LogP contribution in [-0.2, 0) is 6.42 Å². The zero-order valence-corrected chi connectivity index (χ0v) is 15.1. The number of nitrogens with one attached hydrogen (secondary N) is 1. The predicted octanol–water partition coefficient (Wildman–Crippen LogP) is 5.18. The minimum atomic E-state index is -0.518. The molecule has 1 N–H and O–H groups in total. The quantitative estimate of drug-likeness (QED) is 0.374. The van der Waals surface area contributed by atoms with Gasteiger partial charge in [-0.3, -0.25) is 14.9 Å². The standard InChI is InChI=1S/C20H13BrN2O3/c21-19-8-6-15(23(25)26)11-18(19)20(24)22-14-5-7-17-13(10-14)9-12-3-1-2-4-16(12)17/h1-8,10-11H,9H2,(H,22,24). The number of nitrogens with zero attached hydrogens (tertiary/aromatic N) is 1. The molecular weight excluding hydrogens is 396 g/mol. The van der Waals surface area contributed by atoms with Crippen molar-refractivity contribution in [1.29, 1.82) is 0 Å². The molecule has 0 saturated heterocycles. The Kier molecular flexibility index (Phi) is 4.05. The van der Waals surface area contributed by atoms with E-state index in [0.717, 1.165) is 12.0 Å². The smallest absolute Gasteiger partial charge is 0.270 e. The van der Waals surface area contributed by atoms with Crippen molar-refractivity contribution in [3.05, 3.63) is 91.9 Å². The van der Waals surface area contributed by atoms with Gasteiger partial charge in [0.2, 0.25) is 0 Å². The molecule has 6 heteroatoms. The molecule has 1 amide bonds. The van der Waals surface area contributed by atoms with Crippen LogP contribution in [0.1, 0.15) is 21.5 Å². The van der Waals surface area contributed by atoms with Gasteiger partial charge >= 0.3 is 0 Å². The maximum atomic E-state index is 12.6. The Bertz CT molecular complexity index is 1060. The molecule has 0 atom stereocenters. The number of hydrogen-bond donors (Lipinski definition) is 1. The van der Waals surface area contributed by atoms with Crippen LogP contribution in [0.4, 0.5) is 11.4 Å². The van der Waals surface area contributed by atoms with Crippen molar-refractivity contribution >= 4 is 33.2 Å². The molecule has 3 aromatic carbocycles. The summed E-state index contributed by atoms with van der Waals surface area (Å²) in [7, 11) is 0. The second kappa shape index (κ2) is 6.38. The van der Waals surface area contributed by atoms with Crippen molar-refractivity contribution in [2.75, 3.05) is 5.32 Å². The summed E-state index contributed by atoms with van der Waals surface area (Å²) in [5.41, 5.74) is 5.59. The number of nitro benzene ring substituents is 1. The number of halogens is 1. The summed E-state index contributed by atoms with van der Waals surface area (Å²) in [5.74, 6) is -0.393. The van der Waals surface area contributed by atoms with E-state index < -0.39 is 10.8 Å². The Morgan fingerprint density at radius 1 is 1.00 bits per heavy atom. The van der Waals surface area contributed by atoms with Crippen LogP contribution in [0.5, 0.6) is 0 Å². The number of anilines is 1. The molecule has 0 spiro atoms. The van der Waals surface area contributed by atoms with Gasteiger partial charge in [-0.15, -0.1) is 0 Å². The van der Waals surface area contributed by atoms with Gasteiger partial charge in [-0.1, -0.05) is 30.3 Å². The SMILES string of the molecule is O=C(Nc1ccc2c(c1)Cc1ccccc1-2)c1cc([N+](=O)[O-])ccc1Br. The number of carbonyl (C=O) groups is 1. The van der Waals surface area contributed by atoms with Crippen LogP contribution in [0.15, 0.2) is 65.1 Å². The van der Waals surface area contributed by atoms with E-state index in [1.165, 1.54) is 34.9 Å². The van der Waals surface area contributed by atoms with E-state index in [4.69, 9.17) is 0 Å². The Hall–Kier alpha value is -2.99. The number of fused-ring (bicyclic) bond motifs is 3. The van der Waals surface area contributed by atoms with Gasteiger partial charge < -0.3 is 5.32 Å². The first kappa shape index (κ1) is 16.5. The number of benzene rings is 3. The molecule has 1 aliphatic carbocycles. The Morgan fingerprint density at radius 3 is 2.58 bits per heavy atom. The molecule has 0 aromatic heterocycles. The third-order valence-corrected chi connectivity index (χ3v) is 5.15. The fourth-order valence-corrected chi connectivity index (χ4v) is 3.65. The van der Waals surface area contributed by atoms with Crippen molar-refractivity contribution in [2.45, 2.75) is 6.42 Å². The largest absolute Gasteiger partial charge is 0.322 e. The van der Waals surface area contributed by atoms with Gasteiger partial charge in [0.25, 0.3) is 11.6 Å². The highest BCUT2D eigenvalue weighted by Gasteiger charge is 2.19. The fraction of sp³-hybridized carbons (Fsp3) is 0.0500. The second-order valence-corrected chi connectivity index (χ2v) is 6.94. The van der Waals surface area contributed by atoms with E-state index in [9.17, 15) is 14.9 Å². The van der Waals surface area contributed by atoms with Crippen LogP contribution in [0, 0.1) is 10.1 Å². The van der Waals surface area contributed by atoms with Crippen LogP contribution in [-0.4, -0.2) is 10.8 Å². The minimum absolute atomic E-state index is 0.122. The first-order chi connectivity index (χ1) is 12.5. The number of nitro groups is 1. The average molecular weight is 409 g/mol. The maximum Gasteiger partial charge on any atom is 0.270 e. The molecule has 0 radical (unpaired) electrons. The van der Waals surface area contributed by atoms with Gasteiger partial charge in [0.1, 0.15) is 0 Å². The molecule has 4 rings (SSSR count). The van der Waals surface area contributed by atoms with E-state index in [2.05, 4.69) is 33.4 Å². The molecule has 0 aliphatic heterocycles. The lowest BCUT2D eigenvalue weighted by molar-refractivity contribution is -0.384. The van der Waals surface area contributed by atoms with E-state index >= 15 is 0 Å². The van der Waals surface area contributed by atoms with E-state index in [-0.39, 0.29) is 11.3 Å². The highest BCUT2D eigenvalue weighted by molar-refractivity contribution is 9.10. The van der Waals surface area contributed by atoms with E-state index in [1.54, 1.807) is 0 Å². The summed E-state index contributed by atoms with van der Waals surface area (Å²) in [6.45, 7) is 0. The lowest BCUT2D eigenvalue weighted by Gasteiger charge is -2.09. The fourth-order valence-electron chi connectivity index (χ4n) is 3.22. The molecule has 1 aliphatic rings. The number of amides is 1. The third-order valence-electron chi connectivity index (χ3n) is 4.46. The molecule has 0 saturated carbocycles. The van der Waals surface area contributed by atoms with Crippen molar-refractivity contribution in [1.82, 2.24) is 0 Å². The first-order valence-electron chi connectivity index (χ1n) is 7.99. The van der Waals surface area contributed by atoms with Gasteiger partial charge in [0.15, 0.2) is 0 Å². The highest BCUT2D eigenvalue weighted by Crippen LogP contribution is 2.37. The molecular formula is C20H13BrN2O3. The zero-order chi connectivity index (χ0) is 18.3. The van der Waals surface area contributed by atoms with Crippen molar-refractivity contribution in [2.24, 2.45) is 0 Å². The van der Waals surface area contributed by atoms with Crippen molar-refractivity contribution in [3.63, 3.8) is 0 Å². The molecule has 5 nitrogen and oxygen atoms in total. The summed E-state index contributed by atoms with van der Waals surface area (Å²) in [6, 6.07) is 18.2. The Morgan fingerprint density at radius 2 is 1.77 bits per heavy atom. The van der Waals surface area contributed by atoms with Crippen LogP contribution in [0.3, 0.4) is 0 Å². The lowest BCUT2D eigenvalue weighted by atomic mass is 10.1. The number of carbonyl (C=O) groups excluding carboxylic acids is 1. The maximum absolute atomic E-state index is 12.6. The summed E-state index contributed by atoms with van der Waals surface area (Å²) in [5, 5.41) is 13.8. The van der Waals surface area contributed by atoms with Crippen molar-refractivity contribution < 1.29 is 9.72 Å². The molecule has 0 unspecified atom stereocenters. The zero-order valence-electron chi connectivity index (χ0n) is 13.5. The first-order valence-corrected chi connectivity index (χ1v) is 8.79. The Balaban J connectivity index is 1.61. The van der Waals surface area contributed by atoms with Gasteiger partial charge in [-0.25, -0.2) is 0 Å². The summed E-state index contributed by atoms with van der Waals surface area (Å²) in [4.78, 5) is 23.0. The van der Waals surface area contributed by atoms with Crippen LogP contribution < -0.4 is 5.32 Å². The number of hydrogen-bond acceptors (Lipinski definition) is 3. The molecule has 26 heavy (non-hydrogen) atoms. The molecule has 128 valence electrons. The third kappa shape index (κ3) is 2.88. The lowest BCUT2D eigenvalue weighted by Crippen LogP contribution is -2.13. The van der Waals surface area contributed by atoms with Crippen LogP contribution in [0.2, 0.25) is 0 Å². The highest BCUT2D eigenvalue weighted by atomic mass is 79.9. The van der Waals surface area contributed by atoms with Crippen LogP contribution in [0.25, 0.3) is 11.1 Å². The number of rotatable bonds is 3. The molecule has 0 bridgehead atoms. The van der Waals surface area contributed by atoms with E-state index in [1.807, 2.05) is 30.3 Å². The van der Waals surface area contributed by atoms with Gasteiger partial charge in [-0.2, -0.15) is 0 Å². The predicted molar refractivity (Wildman–Crippen MR) is 103 cm³/mol. The van der Waals surface area contributed by atoms with Gasteiger partial charge in [-0.05, 0) is 62.8 Å². The topological polar surface area (TPSA) is 72.2 Å². The molecule has 0 heterocycles. The number of non-ortho nitro benzene ring substituents is 1. The monoisotopic (exact) mass is 408 g/mol. The summed E-state index contributed by atoms with van der Waals surface area (Å²) >= 11 is 3.28. The normalized spacial score (nSPS) is 11.6. The van der Waals surface area contributed by atoms with Gasteiger partial charge in [0.05, 0.1) is 10.5 Å².